The lowest BCUT2D eigenvalue weighted by molar-refractivity contribution is 0.102. The maximum Gasteiger partial charge on any atom is 0.280 e. The Kier molecular flexibility index (Phi) is 6.74. The van der Waals surface area contributed by atoms with Gasteiger partial charge in [-0.15, -0.1) is 0 Å². The molecule has 0 spiro atoms. The Morgan fingerprint density at radius 3 is 2.61 bits per heavy atom. The first-order valence-electron chi connectivity index (χ1n) is 10.5. The first-order chi connectivity index (χ1) is 17.3. The van der Waals surface area contributed by atoms with E-state index in [4.69, 9.17) is 23.2 Å². The van der Waals surface area contributed by atoms with E-state index in [1.807, 2.05) is 6.07 Å². The summed E-state index contributed by atoms with van der Waals surface area (Å²) in [4.78, 5) is 17.6. The molecule has 0 aliphatic heterocycles. The summed E-state index contributed by atoms with van der Waals surface area (Å²) in [5.41, 5.74) is 1.39. The number of benzene rings is 2. The van der Waals surface area contributed by atoms with Crippen molar-refractivity contribution in [3.63, 3.8) is 0 Å². The molecule has 182 valence electrons. The van der Waals surface area contributed by atoms with Crippen LogP contribution in [-0.4, -0.2) is 30.3 Å². The Balaban J connectivity index is 1.46. The van der Waals surface area contributed by atoms with Crippen LogP contribution in [0.3, 0.4) is 0 Å². The van der Waals surface area contributed by atoms with Crippen LogP contribution in [0.5, 0.6) is 0 Å². The van der Waals surface area contributed by atoms with Gasteiger partial charge >= 0.3 is 0 Å². The van der Waals surface area contributed by atoms with Gasteiger partial charge in [-0.2, -0.15) is 10.2 Å². The van der Waals surface area contributed by atoms with E-state index in [-0.39, 0.29) is 22.7 Å². The van der Waals surface area contributed by atoms with Crippen molar-refractivity contribution in [2.75, 3.05) is 5.32 Å². The molecule has 3 heterocycles. The Hall–Kier alpha value is -3.34. The number of nitrogens with one attached hydrogen (secondary N) is 1. The number of aromatic nitrogens is 5. The number of rotatable bonds is 6. The van der Waals surface area contributed by atoms with Gasteiger partial charge in [-0.05, 0) is 39.7 Å². The number of nitrogens with zero attached hydrogens (tertiary/aromatic N) is 5. The number of carbonyl (C=O) groups is 1. The lowest BCUT2D eigenvalue weighted by Gasteiger charge is -2.08. The number of anilines is 1. The van der Waals surface area contributed by atoms with E-state index < -0.39 is 12.3 Å². The molecule has 2 aromatic carbocycles. The van der Waals surface area contributed by atoms with Gasteiger partial charge < -0.3 is 5.32 Å². The van der Waals surface area contributed by atoms with E-state index in [0.717, 1.165) is 10.1 Å². The number of halogens is 5. The molecule has 0 radical (unpaired) electrons. The highest BCUT2D eigenvalue weighted by atomic mass is 79.9. The number of amides is 1. The van der Waals surface area contributed by atoms with Crippen molar-refractivity contribution in [3.8, 4) is 11.3 Å². The van der Waals surface area contributed by atoms with Crippen LogP contribution in [0.1, 0.15) is 28.0 Å². The van der Waals surface area contributed by atoms with Crippen molar-refractivity contribution in [2.45, 2.75) is 13.0 Å². The molecular formula is C24H15BrCl2F2N6O. The van der Waals surface area contributed by atoms with Crippen molar-refractivity contribution in [1.82, 2.24) is 24.4 Å². The lowest BCUT2D eigenvalue weighted by Crippen LogP contribution is -2.14. The second-order valence-corrected chi connectivity index (χ2v) is 9.44. The van der Waals surface area contributed by atoms with E-state index >= 15 is 0 Å². The van der Waals surface area contributed by atoms with Crippen LogP contribution in [-0.2, 0) is 6.54 Å². The SMILES string of the molecule is O=C(Nc1nn(Cc2ccc(Cl)cc2Cl)cc1Br)c1cnn2c(C(F)F)cc(-c3ccccc3)nc12. The molecule has 1 N–H and O–H groups in total. The van der Waals surface area contributed by atoms with Crippen LogP contribution in [0.25, 0.3) is 16.9 Å². The molecule has 1 amide bonds. The minimum Gasteiger partial charge on any atom is -0.304 e. The van der Waals surface area contributed by atoms with Gasteiger partial charge in [0.15, 0.2) is 11.5 Å². The number of hydrogen-bond acceptors (Lipinski definition) is 4. The minimum absolute atomic E-state index is 0.00709. The normalized spacial score (nSPS) is 11.4. The summed E-state index contributed by atoms with van der Waals surface area (Å²) in [7, 11) is 0. The molecule has 0 bridgehead atoms. The smallest absolute Gasteiger partial charge is 0.280 e. The molecule has 0 fully saturated rings. The number of carbonyl (C=O) groups excluding carboxylic acids is 1. The molecular weight excluding hydrogens is 577 g/mol. The van der Waals surface area contributed by atoms with Gasteiger partial charge in [0.25, 0.3) is 12.3 Å². The topological polar surface area (TPSA) is 77.1 Å². The lowest BCUT2D eigenvalue weighted by atomic mass is 10.1. The fourth-order valence-corrected chi connectivity index (χ4v) is 4.50. The average molecular weight is 592 g/mol. The summed E-state index contributed by atoms with van der Waals surface area (Å²) in [6, 6.07) is 15.3. The molecule has 0 aliphatic carbocycles. The predicted molar refractivity (Wildman–Crippen MR) is 137 cm³/mol. The van der Waals surface area contributed by atoms with Gasteiger partial charge in [0.1, 0.15) is 11.3 Å². The van der Waals surface area contributed by atoms with Gasteiger partial charge in [0.2, 0.25) is 0 Å². The zero-order chi connectivity index (χ0) is 25.4. The summed E-state index contributed by atoms with van der Waals surface area (Å²) in [6.07, 6.45) is 0.0619. The van der Waals surface area contributed by atoms with Crippen LogP contribution >= 0.6 is 39.1 Å². The highest BCUT2D eigenvalue weighted by Gasteiger charge is 2.23. The molecule has 36 heavy (non-hydrogen) atoms. The summed E-state index contributed by atoms with van der Waals surface area (Å²) < 4.78 is 30.7. The third-order valence-corrected chi connectivity index (χ3v) is 6.50. The van der Waals surface area contributed by atoms with E-state index in [2.05, 4.69) is 36.4 Å². The van der Waals surface area contributed by atoms with Crippen LogP contribution in [0.15, 0.2) is 71.5 Å². The standard InChI is InChI=1S/C24H15BrCl2F2N6O/c25-17-12-34(11-14-6-7-15(26)8-18(14)27)33-22(17)32-24(36)16-10-30-35-20(21(28)29)9-19(31-23(16)35)13-4-2-1-3-5-13/h1-10,12,21H,11H2,(H,32,33,36). The fraction of sp³-hybridized carbons (Fsp3) is 0.0833. The van der Waals surface area contributed by atoms with E-state index in [1.54, 1.807) is 53.3 Å². The molecule has 12 heteroatoms. The Labute approximate surface area is 221 Å². The minimum atomic E-state index is -2.82. The third-order valence-electron chi connectivity index (χ3n) is 5.33. The summed E-state index contributed by atoms with van der Waals surface area (Å²) in [5, 5.41) is 12.1. The highest BCUT2D eigenvalue weighted by molar-refractivity contribution is 9.10. The van der Waals surface area contributed by atoms with Crippen LogP contribution in [0.4, 0.5) is 14.6 Å². The van der Waals surface area contributed by atoms with Gasteiger partial charge in [-0.3, -0.25) is 9.48 Å². The first kappa shape index (κ1) is 24.4. The predicted octanol–water partition coefficient (Wildman–Crippen LogP) is 6.90. The Bertz CT molecular complexity index is 1590. The second kappa shape index (κ2) is 9.96. The van der Waals surface area contributed by atoms with Crippen molar-refractivity contribution >= 4 is 56.5 Å². The molecule has 0 saturated heterocycles. The largest absolute Gasteiger partial charge is 0.304 e. The van der Waals surface area contributed by atoms with Crippen LogP contribution in [0.2, 0.25) is 10.0 Å². The second-order valence-electron chi connectivity index (χ2n) is 7.74. The van der Waals surface area contributed by atoms with Crippen LogP contribution in [0, 0.1) is 0 Å². The zero-order valence-corrected chi connectivity index (χ0v) is 21.3. The number of hydrogen-bond donors (Lipinski definition) is 1. The van der Waals surface area contributed by atoms with Gasteiger partial charge in [-0.25, -0.2) is 18.3 Å². The molecule has 3 aromatic heterocycles. The van der Waals surface area contributed by atoms with Gasteiger partial charge in [0, 0.05) is 21.8 Å². The van der Waals surface area contributed by atoms with E-state index in [0.29, 0.717) is 32.3 Å². The highest BCUT2D eigenvalue weighted by Crippen LogP contribution is 2.28. The number of alkyl halides is 2. The molecule has 0 aliphatic rings. The zero-order valence-electron chi connectivity index (χ0n) is 18.2. The summed E-state index contributed by atoms with van der Waals surface area (Å²) >= 11 is 15.6. The molecule has 0 saturated carbocycles. The average Bonchev–Trinajstić information content (AvgIpc) is 3.43. The maximum absolute atomic E-state index is 13.8. The van der Waals surface area contributed by atoms with E-state index in [1.165, 1.54) is 12.3 Å². The first-order valence-corrected chi connectivity index (χ1v) is 12.1. The van der Waals surface area contributed by atoms with E-state index in [9.17, 15) is 13.6 Å². The van der Waals surface area contributed by atoms with Crippen molar-refractivity contribution < 1.29 is 13.6 Å². The molecule has 5 aromatic rings. The fourth-order valence-electron chi connectivity index (χ4n) is 3.62. The molecule has 0 atom stereocenters. The Morgan fingerprint density at radius 1 is 1.11 bits per heavy atom. The number of fused-ring (bicyclic) bond motifs is 1. The monoisotopic (exact) mass is 590 g/mol. The van der Waals surface area contributed by atoms with Crippen molar-refractivity contribution in [3.05, 3.63) is 98.3 Å². The molecule has 5 rings (SSSR count). The van der Waals surface area contributed by atoms with Crippen LogP contribution < -0.4 is 5.32 Å². The molecule has 7 nitrogen and oxygen atoms in total. The summed E-state index contributed by atoms with van der Waals surface area (Å²) in [5.74, 6) is -0.365. The van der Waals surface area contributed by atoms with Gasteiger partial charge in [-0.1, -0.05) is 59.6 Å². The van der Waals surface area contributed by atoms with Crippen molar-refractivity contribution in [1.29, 1.82) is 0 Å². The quantitative estimate of drug-likeness (QED) is 0.233. The Morgan fingerprint density at radius 2 is 1.89 bits per heavy atom. The maximum atomic E-state index is 13.8. The molecule has 0 unspecified atom stereocenters. The van der Waals surface area contributed by atoms with Gasteiger partial charge in [0.05, 0.1) is 22.9 Å². The summed E-state index contributed by atoms with van der Waals surface area (Å²) in [6.45, 7) is 0.334. The van der Waals surface area contributed by atoms with Crippen molar-refractivity contribution in [2.24, 2.45) is 0 Å². The third kappa shape index (κ3) is 4.84.